The molecular weight excluding hydrogens is 464 g/mol. The van der Waals surface area contributed by atoms with Crippen LogP contribution >= 0.6 is 11.3 Å². The molecule has 3 amide bonds. The quantitative estimate of drug-likeness (QED) is 0.434. The van der Waals surface area contributed by atoms with Crippen LogP contribution in [0.1, 0.15) is 50.2 Å². The first kappa shape index (κ1) is 24.0. The molecule has 1 saturated heterocycles. The number of thiazole rings is 1. The number of rotatable bonds is 4. The highest BCUT2D eigenvalue weighted by Gasteiger charge is 2.26. The molecule has 0 spiro atoms. The lowest BCUT2D eigenvalue weighted by Crippen LogP contribution is -2.42. The van der Waals surface area contributed by atoms with Crippen molar-refractivity contribution in [1.82, 2.24) is 20.7 Å². The molecule has 3 aromatic rings. The lowest BCUT2D eigenvalue weighted by molar-refractivity contribution is -0.126. The molecule has 9 heteroatoms. The molecule has 1 aliphatic rings. The Bertz CT molecular complexity index is 1270. The van der Waals surface area contributed by atoms with Crippen LogP contribution in [0.25, 0.3) is 0 Å². The van der Waals surface area contributed by atoms with Crippen LogP contribution in [0.2, 0.25) is 0 Å². The van der Waals surface area contributed by atoms with Crippen molar-refractivity contribution >= 4 is 29.1 Å². The van der Waals surface area contributed by atoms with Crippen LogP contribution in [0.15, 0.2) is 60.0 Å². The third-order valence-electron chi connectivity index (χ3n) is 5.61. The molecule has 1 aromatic heterocycles. The van der Waals surface area contributed by atoms with Crippen LogP contribution in [-0.4, -0.2) is 47.8 Å². The standard InChI is InChI=1S/C26H24N4O4S/c1-34-22-10-6-5-9-20(22)24(32)28-29-25(33)21-17-35-26(27-21)19-13-15-30(16-14-19)23(31)12-11-18-7-3-2-4-8-18/h2-10,17,19H,13-16H2,1H3,(H,28,32)(H,29,33). The van der Waals surface area contributed by atoms with Gasteiger partial charge in [0.15, 0.2) is 0 Å². The second kappa shape index (κ2) is 11.3. The highest BCUT2D eigenvalue weighted by atomic mass is 32.1. The zero-order chi connectivity index (χ0) is 24.6. The second-order valence-electron chi connectivity index (χ2n) is 7.86. The van der Waals surface area contributed by atoms with Crippen LogP contribution in [-0.2, 0) is 4.79 Å². The van der Waals surface area contributed by atoms with Gasteiger partial charge in [0.1, 0.15) is 11.4 Å². The number of piperidine rings is 1. The number of amides is 3. The summed E-state index contributed by atoms with van der Waals surface area (Å²) in [5.41, 5.74) is 6.14. The summed E-state index contributed by atoms with van der Waals surface area (Å²) in [5.74, 6) is 5.02. The van der Waals surface area contributed by atoms with Gasteiger partial charge in [0.05, 0.1) is 17.7 Å². The largest absolute Gasteiger partial charge is 0.496 e. The van der Waals surface area contributed by atoms with Crippen molar-refractivity contribution in [2.45, 2.75) is 18.8 Å². The fraction of sp³-hybridized carbons (Fsp3) is 0.231. The lowest BCUT2D eigenvalue weighted by atomic mass is 9.97. The monoisotopic (exact) mass is 488 g/mol. The van der Waals surface area contributed by atoms with Crippen LogP contribution in [0, 0.1) is 11.8 Å². The Morgan fingerprint density at radius 1 is 1.00 bits per heavy atom. The molecule has 1 aliphatic heterocycles. The van der Waals surface area contributed by atoms with Crippen molar-refractivity contribution in [3.63, 3.8) is 0 Å². The van der Waals surface area contributed by atoms with Gasteiger partial charge in [0.2, 0.25) is 0 Å². The van der Waals surface area contributed by atoms with Crippen molar-refractivity contribution in [2.75, 3.05) is 20.2 Å². The molecule has 2 heterocycles. The number of nitrogens with one attached hydrogen (secondary N) is 2. The third kappa shape index (κ3) is 6.05. The molecule has 35 heavy (non-hydrogen) atoms. The number of methoxy groups -OCH3 is 1. The molecular formula is C26H24N4O4S. The summed E-state index contributed by atoms with van der Waals surface area (Å²) in [6.07, 6.45) is 1.50. The smallest absolute Gasteiger partial charge is 0.298 e. The molecule has 1 fully saturated rings. The minimum Gasteiger partial charge on any atom is -0.496 e. The van der Waals surface area contributed by atoms with Crippen LogP contribution in [0.5, 0.6) is 5.75 Å². The molecule has 2 aromatic carbocycles. The van der Waals surface area contributed by atoms with Gasteiger partial charge in [-0.3, -0.25) is 25.2 Å². The van der Waals surface area contributed by atoms with E-state index in [-0.39, 0.29) is 17.5 Å². The van der Waals surface area contributed by atoms with E-state index < -0.39 is 11.8 Å². The first-order chi connectivity index (χ1) is 17.0. The summed E-state index contributed by atoms with van der Waals surface area (Å²) < 4.78 is 5.17. The molecule has 0 atom stereocenters. The number of carbonyl (C=O) groups is 3. The fourth-order valence-corrected chi connectivity index (χ4v) is 4.68. The first-order valence-corrected chi connectivity index (χ1v) is 12.0. The highest BCUT2D eigenvalue weighted by molar-refractivity contribution is 7.09. The maximum atomic E-state index is 12.5. The SMILES string of the molecule is COc1ccccc1C(=O)NNC(=O)c1csc(C2CCN(C(=O)C#Cc3ccccc3)CC2)n1. The van der Waals surface area contributed by atoms with Gasteiger partial charge >= 0.3 is 0 Å². The number of likely N-dealkylation sites (tertiary alicyclic amines) is 1. The fourth-order valence-electron chi connectivity index (χ4n) is 3.71. The summed E-state index contributed by atoms with van der Waals surface area (Å²) in [5, 5.41) is 2.51. The number of hydrogen-bond acceptors (Lipinski definition) is 6. The molecule has 2 N–H and O–H groups in total. The average molecular weight is 489 g/mol. The number of hydrogen-bond donors (Lipinski definition) is 2. The van der Waals surface area contributed by atoms with Crippen molar-refractivity contribution in [1.29, 1.82) is 0 Å². The lowest BCUT2D eigenvalue weighted by Gasteiger charge is -2.29. The first-order valence-electron chi connectivity index (χ1n) is 11.1. The third-order valence-corrected chi connectivity index (χ3v) is 6.62. The highest BCUT2D eigenvalue weighted by Crippen LogP contribution is 2.30. The van der Waals surface area contributed by atoms with E-state index in [0.29, 0.717) is 24.4 Å². The molecule has 0 radical (unpaired) electrons. The van der Waals surface area contributed by atoms with Gasteiger partial charge in [0, 0.05) is 35.9 Å². The van der Waals surface area contributed by atoms with Crippen molar-refractivity contribution in [2.24, 2.45) is 0 Å². The van der Waals surface area contributed by atoms with Crippen molar-refractivity contribution < 1.29 is 19.1 Å². The van der Waals surface area contributed by atoms with Gasteiger partial charge in [0.25, 0.3) is 17.7 Å². The Hall–Kier alpha value is -4.16. The molecule has 0 unspecified atom stereocenters. The van der Waals surface area contributed by atoms with E-state index in [0.717, 1.165) is 23.4 Å². The number of ether oxygens (including phenoxy) is 1. The van der Waals surface area contributed by atoms with E-state index in [4.69, 9.17) is 4.74 Å². The second-order valence-corrected chi connectivity index (χ2v) is 8.75. The van der Waals surface area contributed by atoms with E-state index >= 15 is 0 Å². The van der Waals surface area contributed by atoms with Crippen LogP contribution < -0.4 is 15.6 Å². The van der Waals surface area contributed by atoms with Gasteiger partial charge in [-0.1, -0.05) is 36.3 Å². The zero-order valence-electron chi connectivity index (χ0n) is 19.1. The Morgan fingerprint density at radius 2 is 1.69 bits per heavy atom. The van der Waals surface area contributed by atoms with Crippen LogP contribution in [0.3, 0.4) is 0 Å². The predicted molar refractivity (Wildman–Crippen MR) is 132 cm³/mol. The number of nitrogens with zero attached hydrogens (tertiary/aromatic N) is 2. The number of para-hydroxylation sites is 1. The minimum absolute atomic E-state index is 0.163. The summed E-state index contributed by atoms with van der Waals surface area (Å²) in [6.45, 7) is 1.17. The number of aromatic nitrogens is 1. The topological polar surface area (TPSA) is 101 Å². The normalized spacial score (nSPS) is 13.3. The maximum absolute atomic E-state index is 12.5. The van der Waals surface area contributed by atoms with E-state index in [1.165, 1.54) is 18.4 Å². The summed E-state index contributed by atoms with van der Waals surface area (Å²) in [6, 6.07) is 16.1. The number of benzene rings is 2. The van der Waals surface area contributed by atoms with E-state index in [1.54, 1.807) is 34.5 Å². The molecule has 0 aliphatic carbocycles. The average Bonchev–Trinajstić information content (AvgIpc) is 3.41. The van der Waals surface area contributed by atoms with Crippen molar-refractivity contribution in [3.05, 3.63) is 81.8 Å². The molecule has 4 rings (SSSR count). The zero-order valence-corrected chi connectivity index (χ0v) is 19.9. The van der Waals surface area contributed by atoms with Crippen LogP contribution in [0.4, 0.5) is 0 Å². The Kier molecular flexibility index (Phi) is 7.75. The van der Waals surface area contributed by atoms with Gasteiger partial charge in [-0.2, -0.15) is 0 Å². The molecule has 8 nitrogen and oxygen atoms in total. The van der Waals surface area contributed by atoms with Crippen molar-refractivity contribution in [3.8, 4) is 17.6 Å². The molecule has 0 saturated carbocycles. The van der Waals surface area contributed by atoms with E-state index in [1.807, 2.05) is 30.3 Å². The molecule has 178 valence electrons. The number of hydrazine groups is 1. The van der Waals surface area contributed by atoms with Gasteiger partial charge in [-0.05, 0) is 37.1 Å². The van der Waals surface area contributed by atoms with E-state index in [9.17, 15) is 14.4 Å². The summed E-state index contributed by atoms with van der Waals surface area (Å²) >= 11 is 1.40. The number of carbonyl (C=O) groups excluding carboxylic acids is 3. The Labute approximate surface area is 207 Å². The maximum Gasteiger partial charge on any atom is 0.298 e. The van der Waals surface area contributed by atoms with Gasteiger partial charge < -0.3 is 9.64 Å². The Morgan fingerprint density at radius 3 is 2.43 bits per heavy atom. The van der Waals surface area contributed by atoms with Gasteiger partial charge in [-0.15, -0.1) is 11.3 Å². The van der Waals surface area contributed by atoms with E-state index in [2.05, 4.69) is 27.7 Å². The van der Waals surface area contributed by atoms with Gasteiger partial charge in [-0.25, -0.2) is 4.98 Å². The summed E-state index contributed by atoms with van der Waals surface area (Å²) in [7, 11) is 1.47. The Balaban J connectivity index is 1.28. The molecule has 0 bridgehead atoms. The predicted octanol–water partition coefficient (Wildman–Crippen LogP) is 2.98. The summed E-state index contributed by atoms with van der Waals surface area (Å²) in [4.78, 5) is 43.5. The minimum atomic E-state index is -0.500.